The zero-order valence-electron chi connectivity index (χ0n) is 12.3. The minimum absolute atomic E-state index is 0.130. The molecule has 5 heteroatoms. The van der Waals surface area contributed by atoms with E-state index in [1.54, 1.807) is 6.20 Å². The molecule has 22 heavy (non-hydrogen) atoms. The second kappa shape index (κ2) is 7.51. The van der Waals surface area contributed by atoms with Crippen LogP contribution in [0.1, 0.15) is 36.6 Å². The fraction of sp³-hybridized carbons (Fsp3) is 0.294. The molecule has 116 valence electrons. The summed E-state index contributed by atoms with van der Waals surface area (Å²) in [5, 5.41) is 8.70. The lowest BCUT2D eigenvalue weighted by Gasteiger charge is -2.02. The summed E-state index contributed by atoms with van der Waals surface area (Å²) < 4.78 is 0.920. The van der Waals surface area contributed by atoms with Crippen molar-refractivity contribution >= 4 is 21.9 Å². The number of carbonyl (C=O) groups is 1. The molecule has 1 aromatic heterocycles. The highest BCUT2D eigenvalue weighted by atomic mass is 79.9. The summed E-state index contributed by atoms with van der Waals surface area (Å²) in [5.74, 6) is -0.797. The van der Waals surface area contributed by atoms with E-state index in [1.807, 2.05) is 49.4 Å². The number of hydrogen-bond donors (Lipinski definition) is 2. The first-order valence-corrected chi connectivity index (χ1v) is 7.93. The molecular weight excluding hydrogens is 344 g/mol. The third-order valence-electron chi connectivity index (χ3n) is 3.56. The number of carboxylic acid groups (broad SMARTS) is 1. The van der Waals surface area contributed by atoms with E-state index in [0.717, 1.165) is 16.6 Å². The number of aromatic nitrogens is 1. The van der Waals surface area contributed by atoms with Gasteiger partial charge in [-0.3, -0.25) is 9.78 Å². The van der Waals surface area contributed by atoms with Crippen molar-refractivity contribution in [2.75, 3.05) is 0 Å². The van der Waals surface area contributed by atoms with Crippen molar-refractivity contribution in [2.24, 2.45) is 11.7 Å². The molecule has 3 N–H and O–H groups in total. The Morgan fingerprint density at radius 3 is 2.41 bits per heavy atom. The van der Waals surface area contributed by atoms with Crippen LogP contribution >= 0.6 is 15.9 Å². The lowest BCUT2D eigenvalue weighted by Crippen LogP contribution is -2.03. The molecule has 1 fully saturated rings. The first-order chi connectivity index (χ1) is 10.5. The molecule has 0 amide bonds. The number of halogens is 1. The molecule has 1 aliphatic rings. The summed E-state index contributed by atoms with van der Waals surface area (Å²) in [5.41, 5.74) is 7.69. The molecule has 1 heterocycles. The Kier molecular flexibility index (Phi) is 5.69. The zero-order valence-corrected chi connectivity index (χ0v) is 13.9. The van der Waals surface area contributed by atoms with Crippen LogP contribution in [-0.2, 0) is 4.79 Å². The fourth-order valence-corrected chi connectivity index (χ4v) is 2.39. The lowest BCUT2D eigenvalue weighted by atomic mass is 10.1. The second-order valence-electron chi connectivity index (χ2n) is 5.39. The van der Waals surface area contributed by atoms with Crippen LogP contribution in [0.25, 0.3) is 0 Å². The number of nitrogens with zero attached hydrogens (tertiary/aromatic N) is 1. The van der Waals surface area contributed by atoms with Gasteiger partial charge < -0.3 is 10.8 Å². The monoisotopic (exact) mass is 362 g/mol. The molecule has 3 atom stereocenters. The van der Waals surface area contributed by atoms with Crippen molar-refractivity contribution in [3.05, 3.63) is 64.4 Å². The van der Waals surface area contributed by atoms with Gasteiger partial charge in [0.2, 0.25) is 0 Å². The molecular formula is C17H19BrN2O2. The molecule has 0 bridgehead atoms. The predicted molar refractivity (Wildman–Crippen MR) is 89.5 cm³/mol. The average molecular weight is 363 g/mol. The van der Waals surface area contributed by atoms with Crippen LogP contribution in [-0.4, -0.2) is 16.1 Å². The van der Waals surface area contributed by atoms with Crippen LogP contribution in [0.4, 0.5) is 0 Å². The highest BCUT2D eigenvalue weighted by Gasteiger charge is 2.45. The van der Waals surface area contributed by atoms with Gasteiger partial charge in [0.05, 0.1) is 5.92 Å². The normalized spacial score (nSPS) is 20.5. The molecule has 0 aliphatic heterocycles. The first kappa shape index (κ1) is 16.6. The van der Waals surface area contributed by atoms with Crippen molar-refractivity contribution in [3.63, 3.8) is 0 Å². The molecule has 1 aliphatic carbocycles. The molecule has 1 saturated carbocycles. The van der Waals surface area contributed by atoms with Crippen molar-refractivity contribution in [2.45, 2.75) is 25.3 Å². The maximum atomic E-state index is 10.6. The SMILES string of the molecule is CC(N)c1ccccc1.O=C(O)[C@H]1C[C@@H]1c1ccc(Br)cn1. The van der Waals surface area contributed by atoms with Gasteiger partial charge in [0, 0.05) is 28.3 Å². The third-order valence-corrected chi connectivity index (χ3v) is 4.03. The quantitative estimate of drug-likeness (QED) is 0.871. The summed E-state index contributed by atoms with van der Waals surface area (Å²) in [6.07, 6.45) is 2.43. The zero-order chi connectivity index (χ0) is 16.1. The Morgan fingerprint density at radius 1 is 1.32 bits per heavy atom. The minimum atomic E-state index is -0.713. The first-order valence-electron chi connectivity index (χ1n) is 7.14. The van der Waals surface area contributed by atoms with E-state index >= 15 is 0 Å². The Balaban J connectivity index is 0.000000172. The van der Waals surface area contributed by atoms with Crippen LogP contribution in [0.5, 0.6) is 0 Å². The maximum absolute atomic E-state index is 10.6. The van der Waals surface area contributed by atoms with E-state index in [-0.39, 0.29) is 17.9 Å². The van der Waals surface area contributed by atoms with Gasteiger partial charge >= 0.3 is 5.97 Å². The van der Waals surface area contributed by atoms with E-state index in [1.165, 1.54) is 5.56 Å². The fourth-order valence-electron chi connectivity index (χ4n) is 2.16. The predicted octanol–water partition coefficient (Wildman–Crippen LogP) is 3.74. The van der Waals surface area contributed by atoms with E-state index in [9.17, 15) is 4.79 Å². The van der Waals surface area contributed by atoms with E-state index < -0.39 is 5.97 Å². The molecule has 3 rings (SSSR count). The van der Waals surface area contributed by atoms with Crippen LogP contribution in [0.3, 0.4) is 0 Å². The summed E-state index contributed by atoms with van der Waals surface area (Å²) in [6, 6.07) is 14.0. The largest absolute Gasteiger partial charge is 0.481 e. The number of carboxylic acids is 1. The van der Waals surface area contributed by atoms with Crippen LogP contribution in [0, 0.1) is 5.92 Å². The average Bonchev–Trinajstić information content (AvgIpc) is 3.30. The smallest absolute Gasteiger partial charge is 0.307 e. The highest BCUT2D eigenvalue weighted by molar-refractivity contribution is 9.10. The minimum Gasteiger partial charge on any atom is -0.481 e. The number of benzene rings is 1. The van der Waals surface area contributed by atoms with Crippen LogP contribution in [0.15, 0.2) is 53.1 Å². The van der Waals surface area contributed by atoms with E-state index in [2.05, 4.69) is 20.9 Å². The van der Waals surface area contributed by atoms with Gasteiger partial charge in [0.15, 0.2) is 0 Å². The van der Waals surface area contributed by atoms with Gasteiger partial charge in [-0.2, -0.15) is 0 Å². The molecule has 1 unspecified atom stereocenters. The highest BCUT2D eigenvalue weighted by Crippen LogP contribution is 2.46. The second-order valence-corrected chi connectivity index (χ2v) is 6.30. The summed E-state index contributed by atoms with van der Waals surface area (Å²) in [7, 11) is 0. The lowest BCUT2D eigenvalue weighted by molar-refractivity contribution is -0.138. The van der Waals surface area contributed by atoms with Crippen LogP contribution < -0.4 is 5.73 Å². The molecule has 2 aromatic rings. The number of hydrogen-bond acceptors (Lipinski definition) is 3. The number of aliphatic carboxylic acids is 1. The molecule has 1 aromatic carbocycles. The Labute approximate surface area is 138 Å². The van der Waals surface area contributed by atoms with Gasteiger partial charge in [-0.25, -0.2) is 0 Å². The Bertz CT molecular complexity index is 614. The van der Waals surface area contributed by atoms with Gasteiger partial charge in [-0.1, -0.05) is 30.3 Å². The van der Waals surface area contributed by atoms with Crippen LogP contribution in [0.2, 0.25) is 0 Å². The number of nitrogens with two attached hydrogens (primary N) is 1. The molecule has 0 radical (unpaired) electrons. The van der Waals surface area contributed by atoms with Crippen molar-refractivity contribution in [1.29, 1.82) is 0 Å². The molecule has 0 saturated heterocycles. The topological polar surface area (TPSA) is 76.2 Å². The van der Waals surface area contributed by atoms with Gasteiger partial charge in [0.1, 0.15) is 0 Å². The third kappa shape index (κ3) is 4.64. The Hall–Kier alpha value is -1.72. The van der Waals surface area contributed by atoms with Crippen molar-refractivity contribution in [3.8, 4) is 0 Å². The Morgan fingerprint density at radius 2 is 2.00 bits per heavy atom. The molecule has 0 spiro atoms. The summed E-state index contributed by atoms with van der Waals surface area (Å²) in [4.78, 5) is 14.7. The standard InChI is InChI=1S/C9H8BrNO2.C8H11N/c10-5-1-2-8(11-4-5)6-3-7(6)9(12)13;1-7(9)8-5-3-2-4-6-8/h1-2,4,6-7H,3H2,(H,12,13);2-7H,9H2,1H3/t6-,7-;/m0./s1. The molecule has 4 nitrogen and oxygen atoms in total. The number of pyridine rings is 1. The van der Waals surface area contributed by atoms with Gasteiger partial charge in [-0.05, 0) is 47.0 Å². The van der Waals surface area contributed by atoms with E-state index in [4.69, 9.17) is 10.8 Å². The maximum Gasteiger partial charge on any atom is 0.307 e. The van der Waals surface area contributed by atoms with Gasteiger partial charge in [-0.15, -0.1) is 0 Å². The van der Waals surface area contributed by atoms with Crippen molar-refractivity contribution < 1.29 is 9.90 Å². The number of rotatable bonds is 3. The van der Waals surface area contributed by atoms with Gasteiger partial charge in [0.25, 0.3) is 0 Å². The summed E-state index contributed by atoms with van der Waals surface area (Å²) in [6.45, 7) is 1.98. The summed E-state index contributed by atoms with van der Waals surface area (Å²) >= 11 is 3.28. The van der Waals surface area contributed by atoms with E-state index in [0.29, 0.717) is 0 Å². The van der Waals surface area contributed by atoms with Crippen molar-refractivity contribution in [1.82, 2.24) is 4.98 Å².